The Kier molecular flexibility index (Phi) is 8.92. The van der Waals surface area contributed by atoms with Crippen molar-refractivity contribution in [3.63, 3.8) is 0 Å². The van der Waals surface area contributed by atoms with Gasteiger partial charge in [-0.3, -0.25) is 4.99 Å². The van der Waals surface area contributed by atoms with E-state index in [1.165, 1.54) is 32.8 Å². The number of nitrogens with zero attached hydrogens (tertiary/aromatic N) is 1. The first-order valence-corrected chi connectivity index (χ1v) is 11.8. The van der Waals surface area contributed by atoms with E-state index in [1.54, 1.807) is 25.2 Å². The number of sulfonamides is 1. The Bertz CT molecular complexity index is 774. The van der Waals surface area contributed by atoms with Crippen LogP contribution in [0.2, 0.25) is 0 Å². The average Bonchev–Trinajstić information content (AvgIpc) is 2.66. The predicted molar refractivity (Wildman–Crippen MR) is 117 cm³/mol. The molecule has 1 aromatic carbocycles. The summed E-state index contributed by atoms with van der Waals surface area (Å²) < 4.78 is 32.2. The van der Waals surface area contributed by atoms with E-state index < -0.39 is 10.0 Å². The fourth-order valence-electron chi connectivity index (χ4n) is 3.86. The Morgan fingerprint density at radius 2 is 2.03 bits per heavy atom. The van der Waals surface area contributed by atoms with Crippen molar-refractivity contribution in [3.05, 3.63) is 29.8 Å². The second kappa shape index (κ2) is 10.9. The van der Waals surface area contributed by atoms with Crippen LogP contribution in [0.15, 0.2) is 34.2 Å². The van der Waals surface area contributed by atoms with Gasteiger partial charge in [0.1, 0.15) is 0 Å². The predicted octanol–water partition coefficient (Wildman–Crippen LogP) is 2.49. The Morgan fingerprint density at radius 3 is 2.62 bits per heavy atom. The molecule has 0 spiro atoms. The molecule has 2 rings (SSSR count). The van der Waals surface area contributed by atoms with E-state index in [-0.39, 0.29) is 11.4 Å². The van der Waals surface area contributed by atoms with Crippen LogP contribution in [0, 0.1) is 11.3 Å². The van der Waals surface area contributed by atoms with E-state index in [0.717, 1.165) is 18.1 Å². The number of benzene rings is 1. The van der Waals surface area contributed by atoms with Crippen LogP contribution in [0.25, 0.3) is 0 Å². The van der Waals surface area contributed by atoms with Crippen LogP contribution in [0.3, 0.4) is 0 Å². The van der Waals surface area contributed by atoms with Gasteiger partial charge in [0.2, 0.25) is 10.0 Å². The van der Waals surface area contributed by atoms with Crippen LogP contribution < -0.4 is 15.4 Å². The summed E-state index contributed by atoms with van der Waals surface area (Å²) in [4.78, 5) is 4.57. The van der Waals surface area contributed by atoms with Crippen LogP contribution in [0.4, 0.5) is 0 Å². The SMILES string of the molecule is CN=C(NCc1cccc(S(=O)(=O)NCCOC)c1)NCC1(CC(C)C)CCC1. The van der Waals surface area contributed by atoms with Crippen LogP contribution in [0.1, 0.15) is 45.1 Å². The molecule has 29 heavy (non-hydrogen) atoms. The molecular formula is C21H36N4O3S. The largest absolute Gasteiger partial charge is 0.383 e. The number of ether oxygens (including phenoxy) is 1. The average molecular weight is 425 g/mol. The summed E-state index contributed by atoms with van der Waals surface area (Å²) >= 11 is 0. The van der Waals surface area contributed by atoms with E-state index in [1.807, 2.05) is 6.07 Å². The third kappa shape index (κ3) is 7.28. The normalized spacial score (nSPS) is 16.5. The van der Waals surface area contributed by atoms with Gasteiger partial charge in [0.25, 0.3) is 0 Å². The minimum absolute atomic E-state index is 0.246. The van der Waals surface area contributed by atoms with Gasteiger partial charge >= 0.3 is 0 Å². The van der Waals surface area contributed by atoms with Crippen LogP contribution in [-0.4, -0.2) is 48.2 Å². The van der Waals surface area contributed by atoms with Gasteiger partial charge in [0.05, 0.1) is 11.5 Å². The highest BCUT2D eigenvalue weighted by Gasteiger charge is 2.37. The van der Waals surface area contributed by atoms with Gasteiger partial charge in [-0.05, 0) is 48.3 Å². The summed E-state index contributed by atoms with van der Waals surface area (Å²) in [5.41, 5.74) is 1.26. The summed E-state index contributed by atoms with van der Waals surface area (Å²) in [7, 11) is -0.245. The molecule has 0 amide bonds. The van der Waals surface area contributed by atoms with Gasteiger partial charge < -0.3 is 15.4 Å². The first-order chi connectivity index (χ1) is 13.8. The lowest BCUT2D eigenvalue weighted by Crippen LogP contribution is -2.46. The number of hydrogen-bond donors (Lipinski definition) is 3. The van der Waals surface area contributed by atoms with Crippen LogP contribution >= 0.6 is 0 Å². The number of nitrogens with one attached hydrogen (secondary N) is 3. The lowest BCUT2D eigenvalue weighted by Gasteiger charge is -2.43. The lowest BCUT2D eigenvalue weighted by molar-refractivity contribution is 0.104. The molecule has 1 aromatic rings. The molecule has 8 heteroatoms. The minimum Gasteiger partial charge on any atom is -0.383 e. The molecule has 0 aromatic heterocycles. The molecule has 3 N–H and O–H groups in total. The number of guanidine groups is 1. The zero-order valence-electron chi connectivity index (χ0n) is 18.1. The number of rotatable bonds is 11. The highest BCUT2D eigenvalue weighted by Crippen LogP contribution is 2.45. The topological polar surface area (TPSA) is 91.8 Å². The van der Waals surface area contributed by atoms with Crippen molar-refractivity contribution < 1.29 is 13.2 Å². The van der Waals surface area contributed by atoms with Gasteiger partial charge in [-0.15, -0.1) is 0 Å². The molecule has 7 nitrogen and oxygen atoms in total. The molecule has 1 saturated carbocycles. The third-order valence-electron chi connectivity index (χ3n) is 5.38. The van der Waals surface area contributed by atoms with Gasteiger partial charge in [0, 0.05) is 33.8 Å². The lowest BCUT2D eigenvalue weighted by atomic mass is 9.64. The standard InChI is InChI=1S/C21H36N4O3S/c1-17(2)14-21(9-6-10-21)16-24-20(22-3)23-15-18-7-5-8-19(13-18)29(26,27)25-11-12-28-4/h5,7-8,13,17,25H,6,9-12,14-16H2,1-4H3,(H2,22,23,24). The van der Waals surface area contributed by atoms with Crippen molar-refractivity contribution >= 4 is 16.0 Å². The fraction of sp³-hybridized carbons (Fsp3) is 0.667. The van der Waals surface area contributed by atoms with Crippen molar-refractivity contribution in [2.75, 3.05) is 33.9 Å². The van der Waals surface area contributed by atoms with Gasteiger partial charge in [-0.2, -0.15) is 0 Å². The van der Waals surface area contributed by atoms with E-state index in [4.69, 9.17) is 4.74 Å². The molecule has 1 aliphatic rings. The molecule has 1 aliphatic carbocycles. The van der Waals surface area contributed by atoms with Crippen molar-refractivity contribution in [2.24, 2.45) is 16.3 Å². The van der Waals surface area contributed by atoms with Crippen molar-refractivity contribution in [1.29, 1.82) is 0 Å². The number of aliphatic imine (C=N–C) groups is 1. The Labute approximate surface area is 175 Å². The zero-order valence-corrected chi connectivity index (χ0v) is 18.9. The Morgan fingerprint density at radius 1 is 1.28 bits per heavy atom. The fourth-order valence-corrected chi connectivity index (χ4v) is 4.94. The molecule has 1 fully saturated rings. The summed E-state index contributed by atoms with van der Waals surface area (Å²) in [5.74, 6) is 1.43. The molecule has 0 atom stereocenters. The van der Waals surface area contributed by atoms with E-state index in [2.05, 4.69) is 34.2 Å². The summed E-state index contributed by atoms with van der Waals surface area (Å²) in [6, 6.07) is 6.93. The summed E-state index contributed by atoms with van der Waals surface area (Å²) in [5, 5.41) is 6.76. The molecule has 164 valence electrons. The van der Waals surface area contributed by atoms with Gasteiger partial charge in [-0.25, -0.2) is 13.1 Å². The maximum Gasteiger partial charge on any atom is 0.240 e. The van der Waals surface area contributed by atoms with Crippen LogP contribution in [-0.2, 0) is 21.3 Å². The monoisotopic (exact) mass is 424 g/mol. The second-order valence-corrected chi connectivity index (χ2v) is 10.0. The zero-order chi connectivity index (χ0) is 21.3. The van der Waals surface area contributed by atoms with Crippen molar-refractivity contribution in [3.8, 4) is 0 Å². The third-order valence-corrected chi connectivity index (χ3v) is 6.84. The molecule has 0 radical (unpaired) electrons. The first-order valence-electron chi connectivity index (χ1n) is 10.3. The molecule has 0 bridgehead atoms. The molecule has 0 unspecified atom stereocenters. The highest BCUT2D eigenvalue weighted by molar-refractivity contribution is 7.89. The van der Waals surface area contributed by atoms with E-state index in [0.29, 0.717) is 24.5 Å². The number of hydrogen-bond acceptors (Lipinski definition) is 4. The minimum atomic E-state index is -3.54. The highest BCUT2D eigenvalue weighted by atomic mass is 32.2. The maximum absolute atomic E-state index is 12.4. The van der Waals surface area contributed by atoms with Gasteiger partial charge in [-0.1, -0.05) is 32.4 Å². The second-order valence-electron chi connectivity index (χ2n) is 8.27. The van der Waals surface area contributed by atoms with Crippen molar-refractivity contribution in [1.82, 2.24) is 15.4 Å². The van der Waals surface area contributed by atoms with Crippen molar-refractivity contribution in [2.45, 2.75) is 51.0 Å². The van der Waals surface area contributed by atoms with Gasteiger partial charge in [0.15, 0.2) is 5.96 Å². The van der Waals surface area contributed by atoms with E-state index >= 15 is 0 Å². The van der Waals surface area contributed by atoms with E-state index in [9.17, 15) is 8.42 Å². The molecule has 0 heterocycles. The Hall–Kier alpha value is -1.64. The summed E-state index contributed by atoms with van der Waals surface area (Å²) in [6.45, 7) is 6.55. The quantitative estimate of drug-likeness (QED) is 0.288. The molecule has 0 aliphatic heterocycles. The maximum atomic E-state index is 12.4. The number of methoxy groups -OCH3 is 1. The first kappa shape index (κ1) is 23.6. The molecule has 0 saturated heterocycles. The summed E-state index contributed by atoms with van der Waals surface area (Å²) in [6.07, 6.45) is 5.07. The van der Waals surface area contributed by atoms with Crippen LogP contribution in [0.5, 0.6) is 0 Å². The molecular weight excluding hydrogens is 388 g/mol. The Balaban J connectivity index is 1.91. The smallest absolute Gasteiger partial charge is 0.240 e.